The van der Waals surface area contributed by atoms with E-state index >= 15 is 0 Å². The lowest BCUT2D eigenvalue weighted by molar-refractivity contribution is 0.670. The van der Waals surface area contributed by atoms with Crippen molar-refractivity contribution in [1.29, 1.82) is 0 Å². The maximum atomic E-state index is 6.66. The van der Waals surface area contributed by atoms with Crippen molar-refractivity contribution in [2.45, 2.75) is 0 Å². The Balaban J connectivity index is 1.16. The van der Waals surface area contributed by atoms with Crippen molar-refractivity contribution in [2.24, 2.45) is 0 Å². The Kier molecular flexibility index (Phi) is 6.78. The van der Waals surface area contributed by atoms with Gasteiger partial charge in [0.25, 0.3) is 0 Å². The van der Waals surface area contributed by atoms with Gasteiger partial charge in [-0.05, 0) is 68.6 Å². The molecule has 0 fully saturated rings. The molecule has 4 heteroatoms. The number of hydrogen-bond donors (Lipinski definition) is 0. The summed E-state index contributed by atoms with van der Waals surface area (Å²) in [5, 5.41) is 6.72. The van der Waals surface area contributed by atoms with E-state index in [0.717, 1.165) is 71.5 Å². The second kappa shape index (κ2) is 11.9. The van der Waals surface area contributed by atoms with Gasteiger partial charge in [-0.2, -0.15) is 0 Å². The van der Waals surface area contributed by atoms with Gasteiger partial charge in [-0.15, -0.1) is 0 Å². The molecular weight excluding hydrogens is 623 g/mol. The van der Waals surface area contributed by atoms with Crippen molar-refractivity contribution < 1.29 is 4.42 Å². The lowest BCUT2D eigenvalue weighted by atomic mass is 9.95. The van der Waals surface area contributed by atoms with Crippen LogP contribution in [0.15, 0.2) is 180 Å². The number of nitrogens with zero attached hydrogens (tertiary/aromatic N) is 3. The van der Waals surface area contributed by atoms with Crippen LogP contribution in [0.4, 0.5) is 0 Å². The number of benzene rings is 8. The number of rotatable bonds is 5. The van der Waals surface area contributed by atoms with E-state index < -0.39 is 0 Å². The van der Waals surface area contributed by atoms with Crippen LogP contribution in [-0.2, 0) is 0 Å². The molecule has 0 spiro atoms. The normalized spacial score (nSPS) is 11.5. The van der Waals surface area contributed by atoms with Crippen LogP contribution in [-0.4, -0.2) is 15.0 Å². The Morgan fingerprint density at radius 2 is 0.843 bits per heavy atom. The number of hydrogen-bond acceptors (Lipinski definition) is 4. The number of aromatic nitrogens is 3. The molecule has 0 aliphatic rings. The average Bonchev–Trinajstić information content (AvgIpc) is 3.57. The largest absolute Gasteiger partial charge is 0.455 e. The summed E-state index contributed by atoms with van der Waals surface area (Å²) in [6, 6.07) is 61.0. The summed E-state index contributed by atoms with van der Waals surface area (Å²) in [6.45, 7) is 0. The molecule has 2 heterocycles. The molecule has 0 atom stereocenters. The molecular formula is C47H29N3O. The van der Waals surface area contributed by atoms with E-state index in [1.54, 1.807) is 0 Å². The molecule has 0 amide bonds. The first kappa shape index (κ1) is 29.0. The highest BCUT2D eigenvalue weighted by atomic mass is 16.3. The predicted molar refractivity (Wildman–Crippen MR) is 209 cm³/mol. The SMILES string of the molecule is c1ccc(-c2ccc(-c3nc(-c4ccc5ccccc5c4)nc(-c4ccc5oc6c(-c7ccccc7)c7ccccc7cc6c5c4)n3)cc2)cc1. The molecule has 4 nitrogen and oxygen atoms in total. The Bertz CT molecular complexity index is 2900. The van der Waals surface area contributed by atoms with Crippen molar-refractivity contribution in [1.82, 2.24) is 15.0 Å². The van der Waals surface area contributed by atoms with Gasteiger partial charge >= 0.3 is 0 Å². The van der Waals surface area contributed by atoms with Crippen molar-refractivity contribution in [3.05, 3.63) is 176 Å². The molecule has 0 saturated carbocycles. The fourth-order valence-corrected chi connectivity index (χ4v) is 7.14. The zero-order valence-electron chi connectivity index (χ0n) is 27.5. The van der Waals surface area contributed by atoms with Gasteiger partial charge < -0.3 is 4.42 Å². The third kappa shape index (κ3) is 5.13. The Morgan fingerprint density at radius 1 is 0.314 bits per heavy atom. The molecule has 0 N–H and O–H groups in total. The first-order valence-corrected chi connectivity index (χ1v) is 17.1. The zero-order chi connectivity index (χ0) is 33.7. The van der Waals surface area contributed by atoms with Crippen LogP contribution in [0, 0.1) is 0 Å². The van der Waals surface area contributed by atoms with Crippen molar-refractivity contribution in [3.63, 3.8) is 0 Å². The molecule has 2 aromatic heterocycles. The number of furan rings is 1. The highest BCUT2D eigenvalue weighted by molar-refractivity contribution is 6.18. The summed E-state index contributed by atoms with van der Waals surface area (Å²) in [6.07, 6.45) is 0. The fourth-order valence-electron chi connectivity index (χ4n) is 7.14. The van der Waals surface area contributed by atoms with E-state index in [9.17, 15) is 0 Å². The molecule has 238 valence electrons. The summed E-state index contributed by atoms with van der Waals surface area (Å²) in [4.78, 5) is 15.3. The molecule has 0 aliphatic heterocycles. The molecule has 51 heavy (non-hydrogen) atoms. The van der Waals surface area contributed by atoms with Gasteiger partial charge in [-0.3, -0.25) is 0 Å². The highest BCUT2D eigenvalue weighted by Gasteiger charge is 2.19. The maximum Gasteiger partial charge on any atom is 0.164 e. The zero-order valence-corrected chi connectivity index (χ0v) is 27.5. The third-order valence-electron chi connectivity index (χ3n) is 9.70. The first-order valence-electron chi connectivity index (χ1n) is 17.1. The molecule has 0 unspecified atom stereocenters. The van der Waals surface area contributed by atoms with Crippen LogP contribution in [0.1, 0.15) is 0 Å². The molecule has 0 saturated heterocycles. The minimum absolute atomic E-state index is 0.607. The molecule has 0 aliphatic carbocycles. The van der Waals surface area contributed by atoms with Crippen LogP contribution in [0.5, 0.6) is 0 Å². The monoisotopic (exact) mass is 651 g/mol. The van der Waals surface area contributed by atoms with Gasteiger partial charge in [0.2, 0.25) is 0 Å². The summed E-state index contributed by atoms with van der Waals surface area (Å²) < 4.78 is 6.66. The Labute approximate surface area is 294 Å². The van der Waals surface area contributed by atoms with E-state index in [4.69, 9.17) is 19.4 Å². The van der Waals surface area contributed by atoms with Gasteiger partial charge in [0.05, 0.1) is 0 Å². The van der Waals surface area contributed by atoms with Gasteiger partial charge in [0, 0.05) is 33.0 Å². The second-order valence-electron chi connectivity index (χ2n) is 12.8. The minimum atomic E-state index is 0.607. The Morgan fingerprint density at radius 3 is 1.59 bits per heavy atom. The van der Waals surface area contributed by atoms with Gasteiger partial charge in [0.1, 0.15) is 11.2 Å². The predicted octanol–water partition coefficient (Wildman–Crippen LogP) is 12.4. The lowest BCUT2D eigenvalue weighted by Gasteiger charge is -2.10. The van der Waals surface area contributed by atoms with E-state index in [0.29, 0.717) is 17.5 Å². The summed E-state index contributed by atoms with van der Waals surface area (Å²) in [7, 11) is 0. The van der Waals surface area contributed by atoms with E-state index in [-0.39, 0.29) is 0 Å². The Hall–Kier alpha value is -6.91. The molecule has 8 aromatic carbocycles. The highest BCUT2D eigenvalue weighted by Crippen LogP contribution is 2.42. The standard InChI is InChI=1S/C47H29N3O/c1-3-11-30(12-4-1)32-19-22-34(23-20-32)45-48-46(37-24-21-31-13-7-8-16-35(31)27-37)50-47(49-45)38-25-26-42-40(29-38)41-28-36-17-9-10-18-39(36)43(44(41)51-42)33-14-5-2-6-15-33/h1-29H. The summed E-state index contributed by atoms with van der Waals surface area (Å²) >= 11 is 0. The molecule has 10 aromatic rings. The minimum Gasteiger partial charge on any atom is -0.455 e. The lowest BCUT2D eigenvalue weighted by Crippen LogP contribution is -2.00. The smallest absolute Gasteiger partial charge is 0.164 e. The summed E-state index contributed by atoms with van der Waals surface area (Å²) in [5.74, 6) is 1.86. The quantitative estimate of drug-likeness (QED) is 0.186. The number of fused-ring (bicyclic) bond motifs is 5. The van der Waals surface area contributed by atoms with E-state index in [1.807, 2.05) is 18.2 Å². The molecule has 0 bridgehead atoms. The second-order valence-corrected chi connectivity index (χ2v) is 12.8. The van der Waals surface area contributed by atoms with Gasteiger partial charge in [-0.1, -0.05) is 146 Å². The van der Waals surface area contributed by atoms with Crippen LogP contribution in [0.3, 0.4) is 0 Å². The topological polar surface area (TPSA) is 51.8 Å². The van der Waals surface area contributed by atoms with Gasteiger partial charge in [-0.25, -0.2) is 15.0 Å². The van der Waals surface area contributed by atoms with Crippen molar-refractivity contribution in [3.8, 4) is 56.4 Å². The summed E-state index contributed by atoms with van der Waals surface area (Å²) in [5.41, 5.74) is 8.99. The molecule has 10 rings (SSSR count). The average molecular weight is 652 g/mol. The van der Waals surface area contributed by atoms with Gasteiger partial charge in [0.15, 0.2) is 17.5 Å². The van der Waals surface area contributed by atoms with Crippen LogP contribution in [0.2, 0.25) is 0 Å². The van der Waals surface area contributed by atoms with Crippen LogP contribution >= 0.6 is 0 Å². The van der Waals surface area contributed by atoms with Crippen molar-refractivity contribution in [2.75, 3.05) is 0 Å². The van der Waals surface area contributed by atoms with Crippen LogP contribution in [0.25, 0.3) is 99.9 Å². The fraction of sp³-hybridized carbons (Fsp3) is 0. The molecule has 0 radical (unpaired) electrons. The first-order chi connectivity index (χ1) is 25.2. The third-order valence-corrected chi connectivity index (χ3v) is 9.70. The van der Waals surface area contributed by atoms with Crippen molar-refractivity contribution >= 4 is 43.5 Å². The van der Waals surface area contributed by atoms with Crippen LogP contribution < -0.4 is 0 Å². The maximum absolute atomic E-state index is 6.66. The van der Waals surface area contributed by atoms with E-state index in [2.05, 4.69) is 158 Å². The van der Waals surface area contributed by atoms with E-state index in [1.165, 1.54) is 10.9 Å².